The van der Waals surface area contributed by atoms with Gasteiger partial charge in [-0.1, -0.05) is 18.2 Å². The molecule has 0 spiro atoms. The molecule has 0 fully saturated rings. The Kier molecular flexibility index (Phi) is 2.07. The highest BCUT2D eigenvalue weighted by Crippen LogP contribution is 2.30. The number of para-hydroxylation sites is 1. The van der Waals surface area contributed by atoms with Crippen LogP contribution in [0.3, 0.4) is 0 Å². The first-order chi connectivity index (χ1) is 7.88. The molecular weight excluding hydrogens is 198 g/mol. The molecule has 0 aliphatic heterocycles. The molecule has 1 heterocycles. The lowest BCUT2D eigenvalue weighted by Crippen LogP contribution is -1.95. The lowest BCUT2D eigenvalue weighted by atomic mass is 10.1. The lowest BCUT2D eigenvalue weighted by molar-refractivity contribution is 0.669. The van der Waals surface area contributed by atoms with Crippen LogP contribution in [0.5, 0.6) is 0 Å². The van der Waals surface area contributed by atoms with Gasteiger partial charge < -0.3 is 9.73 Å². The summed E-state index contributed by atoms with van der Waals surface area (Å²) in [5.74, 6) is 0. The van der Waals surface area contributed by atoms with Gasteiger partial charge >= 0.3 is 0 Å². The van der Waals surface area contributed by atoms with Gasteiger partial charge in [0.15, 0.2) is 0 Å². The maximum Gasteiger partial charge on any atom is 0.137 e. The average molecular weight is 211 g/mol. The van der Waals surface area contributed by atoms with Crippen molar-refractivity contribution in [2.75, 3.05) is 11.9 Å². The van der Waals surface area contributed by atoms with Gasteiger partial charge in [-0.2, -0.15) is 0 Å². The van der Waals surface area contributed by atoms with E-state index in [0.717, 1.165) is 23.4 Å². The average Bonchev–Trinajstić information content (AvgIpc) is 2.67. The summed E-state index contributed by atoms with van der Waals surface area (Å²) < 4.78 is 5.80. The van der Waals surface area contributed by atoms with E-state index in [1.165, 1.54) is 10.8 Å². The fourth-order valence-corrected chi connectivity index (χ4v) is 2.04. The number of rotatable bonds is 2. The van der Waals surface area contributed by atoms with Crippen LogP contribution in [0.15, 0.2) is 46.9 Å². The van der Waals surface area contributed by atoms with Crippen molar-refractivity contribution in [3.05, 3.63) is 42.5 Å². The zero-order valence-electron chi connectivity index (χ0n) is 9.16. The Morgan fingerprint density at radius 3 is 2.69 bits per heavy atom. The van der Waals surface area contributed by atoms with Crippen molar-refractivity contribution < 1.29 is 4.42 Å². The predicted octanol–water partition coefficient (Wildman–Crippen LogP) is 4.02. The lowest BCUT2D eigenvalue weighted by Gasteiger charge is -2.01. The molecule has 0 saturated heterocycles. The number of hydrogen-bond donors (Lipinski definition) is 1. The monoisotopic (exact) mass is 211 g/mol. The van der Waals surface area contributed by atoms with E-state index >= 15 is 0 Å². The van der Waals surface area contributed by atoms with E-state index in [1.807, 2.05) is 18.2 Å². The second-order valence-electron chi connectivity index (χ2n) is 3.84. The molecule has 3 rings (SSSR count). The third kappa shape index (κ3) is 1.34. The normalized spacial score (nSPS) is 11.1. The van der Waals surface area contributed by atoms with Crippen LogP contribution in [0.1, 0.15) is 6.92 Å². The minimum atomic E-state index is 0.922. The van der Waals surface area contributed by atoms with Crippen LogP contribution in [0, 0.1) is 0 Å². The van der Waals surface area contributed by atoms with Crippen LogP contribution in [0.4, 0.5) is 5.69 Å². The second kappa shape index (κ2) is 3.56. The van der Waals surface area contributed by atoms with Gasteiger partial charge in [-0.3, -0.25) is 0 Å². The van der Waals surface area contributed by atoms with E-state index < -0.39 is 0 Å². The molecule has 0 radical (unpaired) electrons. The van der Waals surface area contributed by atoms with Gasteiger partial charge in [0, 0.05) is 29.1 Å². The summed E-state index contributed by atoms with van der Waals surface area (Å²) in [7, 11) is 0. The minimum Gasteiger partial charge on any atom is -0.456 e. The van der Waals surface area contributed by atoms with Crippen LogP contribution < -0.4 is 5.32 Å². The Morgan fingerprint density at radius 1 is 1.00 bits per heavy atom. The van der Waals surface area contributed by atoms with Crippen molar-refractivity contribution in [1.82, 2.24) is 0 Å². The maximum absolute atomic E-state index is 5.80. The summed E-state index contributed by atoms with van der Waals surface area (Å²) in [6.07, 6.45) is 0. The van der Waals surface area contributed by atoms with E-state index in [2.05, 4.69) is 36.5 Å². The standard InChI is InChI=1S/C14H13NO/c1-2-15-10-7-8-12-11-5-3-4-6-13(11)16-14(12)9-10/h3-9,15H,2H2,1H3. The van der Waals surface area contributed by atoms with Crippen molar-refractivity contribution in [3.8, 4) is 0 Å². The number of benzene rings is 2. The summed E-state index contributed by atoms with van der Waals surface area (Å²) in [5.41, 5.74) is 3.00. The van der Waals surface area contributed by atoms with Crippen LogP contribution in [-0.2, 0) is 0 Å². The van der Waals surface area contributed by atoms with Crippen molar-refractivity contribution >= 4 is 27.6 Å². The maximum atomic E-state index is 5.80. The van der Waals surface area contributed by atoms with Crippen molar-refractivity contribution in [2.45, 2.75) is 6.92 Å². The zero-order chi connectivity index (χ0) is 11.0. The molecule has 16 heavy (non-hydrogen) atoms. The number of anilines is 1. The van der Waals surface area contributed by atoms with Gasteiger partial charge in [0.05, 0.1) is 0 Å². The SMILES string of the molecule is CCNc1ccc2c(c1)oc1ccccc12. The first-order valence-electron chi connectivity index (χ1n) is 5.53. The molecule has 1 N–H and O–H groups in total. The largest absolute Gasteiger partial charge is 0.456 e. The van der Waals surface area contributed by atoms with Crippen LogP contribution in [0.2, 0.25) is 0 Å². The van der Waals surface area contributed by atoms with Crippen LogP contribution in [0.25, 0.3) is 21.9 Å². The summed E-state index contributed by atoms with van der Waals surface area (Å²) in [6.45, 7) is 3.01. The van der Waals surface area contributed by atoms with E-state index in [-0.39, 0.29) is 0 Å². The molecule has 3 aromatic rings. The minimum absolute atomic E-state index is 0.922. The number of fused-ring (bicyclic) bond motifs is 3. The molecule has 0 unspecified atom stereocenters. The molecule has 0 saturated carbocycles. The van der Waals surface area contributed by atoms with E-state index in [4.69, 9.17) is 4.42 Å². The van der Waals surface area contributed by atoms with Crippen molar-refractivity contribution in [1.29, 1.82) is 0 Å². The Hall–Kier alpha value is -1.96. The fourth-order valence-electron chi connectivity index (χ4n) is 2.04. The molecule has 0 atom stereocenters. The summed E-state index contributed by atoms with van der Waals surface area (Å²) in [4.78, 5) is 0. The Labute approximate surface area is 93.9 Å². The van der Waals surface area contributed by atoms with E-state index in [1.54, 1.807) is 0 Å². The molecule has 80 valence electrons. The van der Waals surface area contributed by atoms with Crippen LogP contribution >= 0.6 is 0 Å². The molecule has 0 bridgehead atoms. The summed E-state index contributed by atoms with van der Waals surface area (Å²) >= 11 is 0. The van der Waals surface area contributed by atoms with Crippen molar-refractivity contribution in [3.63, 3.8) is 0 Å². The zero-order valence-corrected chi connectivity index (χ0v) is 9.16. The molecular formula is C14H13NO. The summed E-state index contributed by atoms with van der Waals surface area (Å²) in [5, 5.41) is 5.64. The highest BCUT2D eigenvalue weighted by atomic mass is 16.3. The Bertz CT molecular complexity index is 639. The molecule has 1 aromatic heterocycles. The van der Waals surface area contributed by atoms with Gasteiger partial charge in [0.1, 0.15) is 11.2 Å². The van der Waals surface area contributed by atoms with Crippen molar-refractivity contribution in [2.24, 2.45) is 0 Å². The van der Waals surface area contributed by atoms with Crippen LogP contribution in [-0.4, -0.2) is 6.54 Å². The molecule has 0 aliphatic carbocycles. The van der Waals surface area contributed by atoms with Gasteiger partial charge in [-0.05, 0) is 25.1 Å². The summed E-state index contributed by atoms with van der Waals surface area (Å²) in [6, 6.07) is 14.4. The van der Waals surface area contributed by atoms with Gasteiger partial charge in [-0.25, -0.2) is 0 Å². The van der Waals surface area contributed by atoms with E-state index in [9.17, 15) is 0 Å². The third-order valence-corrected chi connectivity index (χ3v) is 2.76. The Morgan fingerprint density at radius 2 is 1.81 bits per heavy atom. The molecule has 0 aliphatic rings. The number of furan rings is 1. The molecule has 0 amide bonds. The number of hydrogen-bond acceptors (Lipinski definition) is 2. The van der Waals surface area contributed by atoms with Gasteiger partial charge in [-0.15, -0.1) is 0 Å². The van der Waals surface area contributed by atoms with Gasteiger partial charge in [0.25, 0.3) is 0 Å². The van der Waals surface area contributed by atoms with E-state index in [0.29, 0.717) is 0 Å². The number of nitrogens with one attached hydrogen (secondary N) is 1. The third-order valence-electron chi connectivity index (χ3n) is 2.76. The van der Waals surface area contributed by atoms with Gasteiger partial charge in [0.2, 0.25) is 0 Å². The quantitative estimate of drug-likeness (QED) is 0.692. The molecule has 2 heteroatoms. The first kappa shape index (κ1) is 9.28. The second-order valence-corrected chi connectivity index (χ2v) is 3.84. The molecule has 2 nitrogen and oxygen atoms in total. The smallest absolute Gasteiger partial charge is 0.137 e. The first-order valence-corrected chi connectivity index (χ1v) is 5.53. The predicted molar refractivity (Wildman–Crippen MR) is 67.9 cm³/mol. The topological polar surface area (TPSA) is 25.2 Å². The highest BCUT2D eigenvalue weighted by Gasteiger charge is 2.05. The highest BCUT2D eigenvalue weighted by molar-refractivity contribution is 6.05. The molecule has 2 aromatic carbocycles. The fraction of sp³-hybridized carbons (Fsp3) is 0.143. The Balaban J connectivity index is 2.28.